The van der Waals surface area contributed by atoms with Crippen LogP contribution in [0.15, 0.2) is 6.20 Å². The van der Waals surface area contributed by atoms with E-state index in [0.717, 1.165) is 24.1 Å². The summed E-state index contributed by atoms with van der Waals surface area (Å²) in [5.41, 5.74) is 1.78. The van der Waals surface area contributed by atoms with Gasteiger partial charge < -0.3 is 0 Å². The van der Waals surface area contributed by atoms with Crippen LogP contribution < -0.4 is 0 Å². The largest absolute Gasteiger partial charge is 0.258 e. The Morgan fingerprint density at radius 3 is 2.60 bits per heavy atom. The van der Waals surface area contributed by atoms with Gasteiger partial charge >= 0.3 is 0 Å². The number of halogens is 2. The van der Waals surface area contributed by atoms with Crippen LogP contribution in [-0.4, -0.2) is 4.98 Å². The fraction of sp³-hybridized carbons (Fsp3) is 0.455. The lowest BCUT2D eigenvalue weighted by molar-refractivity contribution is 0.617. The minimum atomic E-state index is -0.418. The van der Waals surface area contributed by atoms with Crippen molar-refractivity contribution in [3.8, 4) is 6.07 Å². The summed E-state index contributed by atoms with van der Waals surface area (Å²) in [5.74, 6) is 0.113. The van der Waals surface area contributed by atoms with Crippen molar-refractivity contribution < 1.29 is 4.39 Å². The Bertz CT molecular complexity index is 394. The average Bonchev–Trinajstić information content (AvgIpc) is 2.99. The maximum atomic E-state index is 12.8. The highest BCUT2D eigenvalue weighted by atomic mass is 35.5. The minimum absolute atomic E-state index is 0.229. The van der Waals surface area contributed by atoms with Crippen molar-refractivity contribution in [2.24, 2.45) is 0 Å². The van der Waals surface area contributed by atoms with Gasteiger partial charge in [0.1, 0.15) is 0 Å². The number of nitriles is 1. The van der Waals surface area contributed by atoms with Gasteiger partial charge in [-0.3, -0.25) is 4.98 Å². The molecule has 4 heteroatoms. The van der Waals surface area contributed by atoms with E-state index < -0.39 is 5.82 Å². The monoisotopic (exact) mass is 226 g/mol. The lowest BCUT2D eigenvalue weighted by Gasteiger charge is -2.04. The summed E-state index contributed by atoms with van der Waals surface area (Å²) >= 11 is 5.74. The van der Waals surface area contributed by atoms with Gasteiger partial charge in [0, 0.05) is 18.5 Å². The van der Waals surface area contributed by atoms with E-state index in [4.69, 9.17) is 16.9 Å². The van der Waals surface area contributed by atoms with Gasteiger partial charge in [0.15, 0.2) is 5.82 Å². The van der Waals surface area contributed by atoms with Crippen molar-refractivity contribution in [2.45, 2.75) is 32.6 Å². The maximum Gasteiger partial charge on any atom is 0.160 e. The van der Waals surface area contributed by atoms with Crippen molar-refractivity contribution in [2.75, 3.05) is 0 Å². The van der Waals surface area contributed by atoms with E-state index >= 15 is 0 Å². The van der Waals surface area contributed by atoms with Crippen LogP contribution in [0.5, 0.6) is 0 Å². The van der Waals surface area contributed by atoms with Crippen molar-refractivity contribution in [3.63, 3.8) is 0 Å². The zero-order valence-electron chi connectivity index (χ0n) is 8.72. The first-order valence-corrected chi connectivity index (χ1v) is 5.11. The highest BCUT2D eigenvalue weighted by Gasteiger charge is 2.27. The highest BCUT2D eigenvalue weighted by Crippen LogP contribution is 2.41. The zero-order chi connectivity index (χ0) is 11.4. The molecule has 15 heavy (non-hydrogen) atoms. The van der Waals surface area contributed by atoms with Gasteiger partial charge in [0.2, 0.25) is 0 Å². The van der Waals surface area contributed by atoms with Crippen molar-refractivity contribution >= 4 is 11.6 Å². The second kappa shape index (κ2) is 5.09. The van der Waals surface area contributed by atoms with E-state index in [9.17, 15) is 4.39 Å². The first kappa shape index (κ1) is 11.9. The van der Waals surface area contributed by atoms with Gasteiger partial charge in [0.25, 0.3) is 0 Å². The normalized spacial score (nSPS) is 13.8. The molecule has 1 heterocycles. The molecule has 80 valence electrons. The molecule has 1 saturated carbocycles. The van der Waals surface area contributed by atoms with Crippen LogP contribution in [0.25, 0.3) is 0 Å². The summed E-state index contributed by atoms with van der Waals surface area (Å²) in [5, 5.41) is 7.55. The Hall–Kier alpha value is -1.14. The molecular formula is C11H12ClFN2. The second-order valence-corrected chi connectivity index (χ2v) is 3.81. The summed E-state index contributed by atoms with van der Waals surface area (Å²) < 4.78 is 12.8. The lowest BCUT2D eigenvalue weighted by atomic mass is 10.1. The molecule has 0 unspecified atom stereocenters. The van der Waals surface area contributed by atoms with Crippen LogP contribution in [-0.2, 0) is 0 Å². The molecule has 0 saturated heterocycles. The van der Waals surface area contributed by atoms with Crippen LogP contribution in [0.2, 0.25) is 5.02 Å². The molecule has 1 fully saturated rings. The van der Waals surface area contributed by atoms with Crippen LogP contribution >= 0.6 is 11.6 Å². The topological polar surface area (TPSA) is 36.7 Å². The number of hydrogen-bond donors (Lipinski definition) is 0. The SMILES string of the molecule is CC#N.Cc1c(C2CC2)ncc(F)c1Cl. The lowest BCUT2D eigenvalue weighted by Crippen LogP contribution is -1.94. The Morgan fingerprint density at radius 2 is 2.13 bits per heavy atom. The fourth-order valence-electron chi connectivity index (χ4n) is 1.34. The Kier molecular flexibility index (Phi) is 4.05. The third-order valence-electron chi connectivity index (χ3n) is 2.20. The van der Waals surface area contributed by atoms with Crippen molar-refractivity contribution in [3.05, 3.63) is 28.3 Å². The summed E-state index contributed by atoms with van der Waals surface area (Å²) in [7, 11) is 0. The molecule has 1 aliphatic rings. The number of rotatable bonds is 1. The Labute approximate surface area is 93.7 Å². The van der Waals surface area contributed by atoms with E-state index in [1.165, 1.54) is 13.1 Å². The molecule has 0 spiro atoms. The molecule has 2 rings (SSSR count). The summed E-state index contributed by atoms with van der Waals surface area (Å²) in [6, 6.07) is 1.75. The average molecular weight is 227 g/mol. The molecule has 0 atom stereocenters. The number of aromatic nitrogens is 1. The molecule has 0 aromatic carbocycles. The number of pyridine rings is 1. The van der Waals surface area contributed by atoms with Gasteiger partial charge in [-0.05, 0) is 25.3 Å². The minimum Gasteiger partial charge on any atom is -0.258 e. The molecular weight excluding hydrogens is 215 g/mol. The van der Waals surface area contributed by atoms with E-state index in [-0.39, 0.29) is 5.02 Å². The van der Waals surface area contributed by atoms with E-state index in [0.29, 0.717) is 5.92 Å². The van der Waals surface area contributed by atoms with E-state index in [2.05, 4.69) is 4.98 Å². The quantitative estimate of drug-likeness (QED) is 0.734. The smallest absolute Gasteiger partial charge is 0.160 e. The molecule has 0 bridgehead atoms. The molecule has 2 nitrogen and oxygen atoms in total. The van der Waals surface area contributed by atoms with Gasteiger partial charge in [-0.2, -0.15) is 5.26 Å². The highest BCUT2D eigenvalue weighted by molar-refractivity contribution is 6.31. The van der Waals surface area contributed by atoms with Gasteiger partial charge in [-0.25, -0.2) is 4.39 Å². The predicted molar refractivity (Wildman–Crippen MR) is 57.2 cm³/mol. The Morgan fingerprint density at radius 1 is 1.60 bits per heavy atom. The Balaban J connectivity index is 0.000000337. The van der Waals surface area contributed by atoms with Crippen LogP contribution in [0, 0.1) is 24.1 Å². The molecule has 1 aromatic rings. The van der Waals surface area contributed by atoms with Gasteiger partial charge in [0.05, 0.1) is 17.3 Å². The molecule has 0 amide bonds. The molecule has 1 aliphatic carbocycles. The van der Waals surface area contributed by atoms with Crippen LogP contribution in [0.1, 0.15) is 36.9 Å². The molecule has 0 radical (unpaired) electrons. The summed E-state index contributed by atoms with van der Waals surface area (Å²) in [4.78, 5) is 4.04. The predicted octanol–water partition coefficient (Wildman–Crippen LogP) is 3.59. The van der Waals surface area contributed by atoms with Crippen molar-refractivity contribution in [1.82, 2.24) is 4.98 Å². The van der Waals surface area contributed by atoms with Crippen molar-refractivity contribution in [1.29, 1.82) is 5.26 Å². The molecule has 0 N–H and O–H groups in total. The van der Waals surface area contributed by atoms with Crippen LogP contribution in [0.4, 0.5) is 4.39 Å². The zero-order valence-corrected chi connectivity index (χ0v) is 9.48. The number of nitrogens with zero attached hydrogens (tertiary/aromatic N) is 2. The molecule has 1 aromatic heterocycles. The third-order valence-corrected chi connectivity index (χ3v) is 2.67. The van der Waals surface area contributed by atoms with E-state index in [1.54, 1.807) is 6.07 Å². The van der Waals surface area contributed by atoms with Crippen LogP contribution in [0.3, 0.4) is 0 Å². The standard InChI is InChI=1S/C9H9ClFN.C2H3N/c1-5-8(10)7(11)4-12-9(5)6-2-3-6;1-2-3/h4,6H,2-3H2,1H3;1H3. The molecule has 0 aliphatic heterocycles. The van der Waals surface area contributed by atoms with Gasteiger partial charge in [-0.15, -0.1) is 0 Å². The summed E-state index contributed by atoms with van der Waals surface area (Å²) in [6.07, 6.45) is 3.54. The summed E-state index contributed by atoms with van der Waals surface area (Å²) in [6.45, 7) is 3.26. The number of hydrogen-bond acceptors (Lipinski definition) is 2. The fourth-order valence-corrected chi connectivity index (χ4v) is 1.49. The first-order chi connectivity index (χ1) is 7.11. The first-order valence-electron chi connectivity index (χ1n) is 4.73. The second-order valence-electron chi connectivity index (χ2n) is 3.43. The van der Waals surface area contributed by atoms with E-state index in [1.807, 2.05) is 6.92 Å². The maximum absolute atomic E-state index is 12.8. The third kappa shape index (κ3) is 2.90. The van der Waals surface area contributed by atoms with Gasteiger partial charge in [-0.1, -0.05) is 11.6 Å².